The third-order valence-electron chi connectivity index (χ3n) is 5.27. The summed E-state index contributed by atoms with van der Waals surface area (Å²) < 4.78 is 46.9. The van der Waals surface area contributed by atoms with Gasteiger partial charge >= 0.3 is 5.76 Å². The van der Waals surface area contributed by atoms with Crippen LogP contribution in [0, 0.1) is 11.7 Å². The first-order valence-corrected chi connectivity index (χ1v) is 10.9. The van der Waals surface area contributed by atoms with Crippen LogP contribution in [-0.4, -0.2) is 36.3 Å². The molecule has 1 aromatic heterocycles. The van der Waals surface area contributed by atoms with Crippen LogP contribution in [-0.2, 0) is 21.9 Å². The molecule has 1 N–H and O–H groups in total. The number of halogens is 1. The molecule has 0 radical (unpaired) electrons. The highest BCUT2D eigenvalue weighted by molar-refractivity contribution is 7.89. The highest BCUT2D eigenvalue weighted by Gasteiger charge is 2.33. The van der Waals surface area contributed by atoms with Gasteiger partial charge in [0.25, 0.3) is 0 Å². The summed E-state index contributed by atoms with van der Waals surface area (Å²) in [6, 6.07) is 9.66. The lowest BCUT2D eigenvalue weighted by molar-refractivity contribution is -0.120. The van der Waals surface area contributed by atoms with Crippen molar-refractivity contribution in [1.29, 1.82) is 0 Å². The lowest BCUT2D eigenvalue weighted by Crippen LogP contribution is -2.43. The number of sulfonamides is 1. The molecule has 1 aliphatic heterocycles. The average molecular weight is 433 g/mol. The largest absolute Gasteiger partial charge is 0.419 e. The van der Waals surface area contributed by atoms with E-state index in [0.717, 1.165) is 0 Å². The second-order valence-electron chi connectivity index (χ2n) is 7.25. The summed E-state index contributed by atoms with van der Waals surface area (Å²) in [7, 11) is -2.33. The van der Waals surface area contributed by atoms with Gasteiger partial charge in [0.1, 0.15) is 5.82 Å². The van der Waals surface area contributed by atoms with Crippen molar-refractivity contribution in [2.45, 2.75) is 17.7 Å². The van der Waals surface area contributed by atoms with Crippen LogP contribution >= 0.6 is 0 Å². The molecule has 1 aliphatic rings. The van der Waals surface area contributed by atoms with Gasteiger partial charge in [-0.15, -0.1) is 0 Å². The molecule has 0 spiro atoms. The number of benzene rings is 2. The maximum absolute atomic E-state index is 13.1. The SMILES string of the molecule is Cn1c(=O)oc2cc(S(=O)(=O)N3CCC[C@H](C(=O)Nc4ccc(F)cc4)C3)ccc21. The fourth-order valence-electron chi connectivity index (χ4n) is 3.58. The molecule has 158 valence electrons. The van der Waals surface area contributed by atoms with Gasteiger partial charge in [0.2, 0.25) is 15.9 Å². The molecule has 0 aliphatic carbocycles. The van der Waals surface area contributed by atoms with E-state index >= 15 is 0 Å². The summed E-state index contributed by atoms with van der Waals surface area (Å²) in [6.45, 7) is 0.325. The maximum Gasteiger partial charge on any atom is 0.419 e. The number of aryl methyl sites for hydroxylation is 1. The van der Waals surface area contributed by atoms with Gasteiger partial charge in [0.15, 0.2) is 5.58 Å². The Labute approximate surface area is 172 Å². The number of carbonyl (C=O) groups excluding carboxylic acids is 1. The first-order valence-electron chi connectivity index (χ1n) is 9.42. The van der Waals surface area contributed by atoms with Crippen molar-refractivity contribution >= 4 is 32.7 Å². The van der Waals surface area contributed by atoms with E-state index in [-0.39, 0.29) is 22.9 Å². The van der Waals surface area contributed by atoms with Crippen molar-refractivity contribution in [3.8, 4) is 0 Å². The van der Waals surface area contributed by atoms with Gasteiger partial charge in [-0.25, -0.2) is 17.6 Å². The van der Waals surface area contributed by atoms with Crippen LogP contribution in [0.15, 0.2) is 56.6 Å². The third kappa shape index (κ3) is 3.75. The Kier molecular flexibility index (Phi) is 5.20. The van der Waals surface area contributed by atoms with Gasteiger partial charge in [-0.1, -0.05) is 0 Å². The molecular formula is C20H20FN3O5S. The molecule has 2 aromatic carbocycles. The number of piperidine rings is 1. The van der Waals surface area contributed by atoms with Crippen LogP contribution in [0.3, 0.4) is 0 Å². The second kappa shape index (κ2) is 7.69. The third-order valence-corrected chi connectivity index (χ3v) is 7.13. The molecule has 1 amide bonds. The van der Waals surface area contributed by atoms with Crippen molar-refractivity contribution in [2.75, 3.05) is 18.4 Å². The van der Waals surface area contributed by atoms with E-state index in [1.54, 1.807) is 0 Å². The number of carbonyl (C=O) groups is 1. The lowest BCUT2D eigenvalue weighted by atomic mass is 9.99. The number of anilines is 1. The predicted octanol–water partition coefficient (Wildman–Crippen LogP) is 2.31. The van der Waals surface area contributed by atoms with E-state index in [4.69, 9.17) is 4.42 Å². The number of hydrogen-bond donors (Lipinski definition) is 1. The molecule has 0 unspecified atom stereocenters. The molecule has 10 heteroatoms. The second-order valence-corrected chi connectivity index (χ2v) is 9.19. The van der Waals surface area contributed by atoms with E-state index < -0.39 is 27.5 Å². The fourth-order valence-corrected chi connectivity index (χ4v) is 5.12. The van der Waals surface area contributed by atoms with Crippen LogP contribution in [0.4, 0.5) is 10.1 Å². The van der Waals surface area contributed by atoms with E-state index in [1.807, 2.05) is 0 Å². The van der Waals surface area contributed by atoms with Crippen LogP contribution in [0.5, 0.6) is 0 Å². The summed E-state index contributed by atoms with van der Waals surface area (Å²) >= 11 is 0. The van der Waals surface area contributed by atoms with E-state index in [9.17, 15) is 22.4 Å². The molecule has 1 fully saturated rings. The normalized spacial score (nSPS) is 17.9. The number of amides is 1. The Morgan fingerprint density at radius 3 is 2.67 bits per heavy atom. The highest BCUT2D eigenvalue weighted by Crippen LogP contribution is 2.26. The van der Waals surface area contributed by atoms with Crippen LogP contribution < -0.4 is 11.1 Å². The van der Waals surface area contributed by atoms with E-state index in [1.165, 1.54) is 58.4 Å². The number of hydrogen-bond acceptors (Lipinski definition) is 5. The van der Waals surface area contributed by atoms with Gasteiger partial charge in [-0.05, 0) is 49.2 Å². The van der Waals surface area contributed by atoms with Crippen molar-refractivity contribution in [2.24, 2.45) is 13.0 Å². The molecule has 30 heavy (non-hydrogen) atoms. The summed E-state index contributed by atoms with van der Waals surface area (Å²) in [5.74, 6) is -1.83. The van der Waals surface area contributed by atoms with Crippen molar-refractivity contribution in [1.82, 2.24) is 8.87 Å². The summed E-state index contributed by atoms with van der Waals surface area (Å²) in [5, 5.41) is 2.70. The van der Waals surface area contributed by atoms with Crippen LogP contribution in [0.25, 0.3) is 11.1 Å². The molecule has 2 heterocycles. The lowest BCUT2D eigenvalue weighted by Gasteiger charge is -2.31. The molecule has 0 bridgehead atoms. The van der Waals surface area contributed by atoms with Crippen LogP contribution in [0.1, 0.15) is 12.8 Å². The van der Waals surface area contributed by atoms with E-state index in [2.05, 4.69) is 5.32 Å². The summed E-state index contributed by atoms with van der Waals surface area (Å²) in [5.41, 5.74) is 1.13. The first-order chi connectivity index (χ1) is 14.3. The van der Waals surface area contributed by atoms with Crippen molar-refractivity contribution in [3.05, 3.63) is 58.8 Å². The number of nitrogens with one attached hydrogen (secondary N) is 1. The molecule has 1 atom stereocenters. The Morgan fingerprint density at radius 1 is 1.20 bits per heavy atom. The van der Waals surface area contributed by atoms with Gasteiger partial charge < -0.3 is 9.73 Å². The highest BCUT2D eigenvalue weighted by atomic mass is 32.2. The minimum Gasteiger partial charge on any atom is -0.408 e. The Bertz CT molecular complexity index is 1260. The molecule has 0 saturated carbocycles. The van der Waals surface area contributed by atoms with Gasteiger partial charge in [-0.3, -0.25) is 9.36 Å². The predicted molar refractivity (Wildman–Crippen MR) is 108 cm³/mol. The zero-order chi connectivity index (χ0) is 21.5. The first kappa shape index (κ1) is 20.3. The summed E-state index contributed by atoms with van der Waals surface area (Å²) in [4.78, 5) is 24.3. The smallest absolute Gasteiger partial charge is 0.408 e. The number of aromatic nitrogens is 1. The quantitative estimate of drug-likeness (QED) is 0.680. The zero-order valence-corrected chi connectivity index (χ0v) is 17.0. The fraction of sp³-hybridized carbons (Fsp3) is 0.300. The van der Waals surface area contributed by atoms with Crippen LogP contribution in [0.2, 0.25) is 0 Å². The maximum atomic E-state index is 13.1. The standard InChI is InChI=1S/C20H20FN3O5S/c1-23-17-9-8-16(11-18(17)29-20(23)26)30(27,28)24-10-2-3-13(12-24)19(25)22-15-6-4-14(21)5-7-15/h4-9,11,13H,2-3,10,12H2,1H3,(H,22,25)/t13-/m0/s1. The summed E-state index contributed by atoms with van der Waals surface area (Å²) in [6.07, 6.45) is 1.08. The Balaban J connectivity index is 1.53. The van der Waals surface area contributed by atoms with Gasteiger partial charge in [0.05, 0.1) is 16.3 Å². The van der Waals surface area contributed by atoms with Crippen molar-refractivity contribution in [3.63, 3.8) is 0 Å². The zero-order valence-electron chi connectivity index (χ0n) is 16.2. The minimum atomic E-state index is -3.87. The average Bonchev–Trinajstić information content (AvgIpc) is 3.03. The van der Waals surface area contributed by atoms with E-state index in [0.29, 0.717) is 30.6 Å². The van der Waals surface area contributed by atoms with Crippen molar-refractivity contribution < 1.29 is 22.0 Å². The van der Waals surface area contributed by atoms with Gasteiger partial charge in [0, 0.05) is 31.9 Å². The number of oxazole rings is 1. The Morgan fingerprint density at radius 2 is 1.93 bits per heavy atom. The minimum absolute atomic E-state index is 0.00365. The topological polar surface area (TPSA) is 102 Å². The molecule has 1 saturated heterocycles. The number of nitrogens with zero attached hydrogens (tertiary/aromatic N) is 2. The molecule has 4 rings (SSSR count). The number of fused-ring (bicyclic) bond motifs is 1. The monoisotopic (exact) mass is 433 g/mol. The molecular weight excluding hydrogens is 413 g/mol. The Hall–Kier alpha value is -2.98. The molecule has 3 aromatic rings. The van der Waals surface area contributed by atoms with Gasteiger partial charge in [-0.2, -0.15) is 4.31 Å². The number of rotatable bonds is 4. The molecule has 8 nitrogen and oxygen atoms in total.